The lowest BCUT2D eigenvalue weighted by Crippen LogP contribution is -2.52. The number of piperazine rings is 1. The zero-order valence-electron chi connectivity index (χ0n) is 14.1. The molecule has 0 bridgehead atoms. The highest BCUT2D eigenvalue weighted by atomic mass is 19.1. The second-order valence-electron chi connectivity index (χ2n) is 6.10. The van der Waals surface area contributed by atoms with Crippen molar-refractivity contribution in [3.63, 3.8) is 0 Å². The summed E-state index contributed by atoms with van der Waals surface area (Å²) >= 11 is 0. The third kappa shape index (κ3) is 5.49. The Bertz CT molecular complexity index is 572. The predicted molar refractivity (Wildman–Crippen MR) is 88.2 cm³/mol. The zero-order chi connectivity index (χ0) is 17.5. The van der Waals surface area contributed by atoms with Gasteiger partial charge in [0.25, 0.3) is 5.91 Å². The Hall–Kier alpha value is -2.15. The van der Waals surface area contributed by atoms with Crippen molar-refractivity contribution in [2.75, 3.05) is 39.3 Å². The molecule has 7 heteroatoms. The molecule has 0 unspecified atom stereocenters. The van der Waals surface area contributed by atoms with Gasteiger partial charge in [-0.25, -0.2) is 4.39 Å². The van der Waals surface area contributed by atoms with Crippen LogP contribution in [-0.2, 0) is 9.59 Å². The van der Waals surface area contributed by atoms with E-state index in [0.29, 0.717) is 32.7 Å². The van der Waals surface area contributed by atoms with Crippen molar-refractivity contribution in [3.8, 4) is 5.75 Å². The van der Waals surface area contributed by atoms with Crippen LogP contribution in [0.2, 0.25) is 0 Å². The molecule has 1 aliphatic rings. The first kappa shape index (κ1) is 18.2. The molecule has 0 aliphatic carbocycles. The maximum absolute atomic E-state index is 13.5. The van der Waals surface area contributed by atoms with Gasteiger partial charge < -0.3 is 15.0 Å². The van der Waals surface area contributed by atoms with E-state index in [1.54, 1.807) is 17.0 Å². The van der Waals surface area contributed by atoms with Crippen molar-refractivity contribution in [2.24, 2.45) is 0 Å². The van der Waals surface area contributed by atoms with Gasteiger partial charge in [0.15, 0.2) is 18.2 Å². The van der Waals surface area contributed by atoms with E-state index in [1.165, 1.54) is 12.1 Å². The first-order chi connectivity index (χ1) is 11.5. The molecule has 1 N–H and O–H groups in total. The van der Waals surface area contributed by atoms with Gasteiger partial charge in [-0.15, -0.1) is 0 Å². The van der Waals surface area contributed by atoms with E-state index >= 15 is 0 Å². The molecule has 1 heterocycles. The minimum absolute atomic E-state index is 0.00679. The maximum Gasteiger partial charge on any atom is 0.260 e. The first-order valence-electron chi connectivity index (χ1n) is 8.12. The number of ether oxygens (including phenoxy) is 1. The van der Waals surface area contributed by atoms with Gasteiger partial charge in [-0.3, -0.25) is 14.5 Å². The van der Waals surface area contributed by atoms with Gasteiger partial charge in [0.2, 0.25) is 5.91 Å². The van der Waals surface area contributed by atoms with Gasteiger partial charge in [0.05, 0.1) is 6.54 Å². The van der Waals surface area contributed by atoms with Crippen LogP contribution in [0, 0.1) is 5.82 Å². The Kier molecular flexibility index (Phi) is 6.54. The third-order valence-electron chi connectivity index (χ3n) is 3.73. The van der Waals surface area contributed by atoms with Gasteiger partial charge in [-0.2, -0.15) is 0 Å². The second-order valence-corrected chi connectivity index (χ2v) is 6.10. The normalized spacial score (nSPS) is 15.4. The molecule has 0 radical (unpaired) electrons. The fourth-order valence-electron chi connectivity index (χ4n) is 2.52. The first-order valence-corrected chi connectivity index (χ1v) is 8.12. The van der Waals surface area contributed by atoms with E-state index in [9.17, 15) is 14.0 Å². The molecule has 0 saturated carbocycles. The quantitative estimate of drug-likeness (QED) is 0.837. The molecule has 0 spiro atoms. The highest BCUT2D eigenvalue weighted by Crippen LogP contribution is 2.15. The Morgan fingerprint density at radius 1 is 1.21 bits per heavy atom. The van der Waals surface area contributed by atoms with Gasteiger partial charge >= 0.3 is 0 Å². The molecule has 2 amide bonds. The predicted octanol–water partition coefficient (Wildman–Crippen LogP) is 0.873. The fourth-order valence-corrected chi connectivity index (χ4v) is 2.52. The number of para-hydroxylation sites is 1. The van der Waals surface area contributed by atoms with Crippen LogP contribution in [0.25, 0.3) is 0 Å². The molecule has 0 atom stereocenters. The van der Waals surface area contributed by atoms with Gasteiger partial charge in [-0.05, 0) is 26.0 Å². The summed E-state index contributed by atoms with van der Waals surface area (Å²) in [5.74, 6) is -0.585. The number of rotatable bonds is 6. The summed E-state index contributed by atoms with van der Waals surface area (Å²) in [6.45, 7) is 6.34. The number of carbonyl (C=O) groups excluding carboxylic acids is 2. The molecular formula is C17H24FN3O3. The van der Waals surface area contributed by atoms with Crippen LogP contribution in [0.4, 0.5) is 4.39 Å². The Balaban J connectivity index is 1.72. The van der Waals surface area contributed by atoms with Crippen molar-refractivity contribution < 1.29 is 18.7 Å². The summed E-state index contributed by atoms with van der Waals surface area (Å²) in [6.07, 6.45) is 0. The Labute approximate surface area is 141 Å². The summed E-state index contributed by atoms with van der Waals surface area (Å²) < 4.78 is 18.7. The average Bonchev–Trinajstić information content (AvgIpc) is 2.53. The van der Waals surface area contributed by atoms with E-state index in [0.717, 1.165) is 0 Å². The molecule has 1 saturated heterocycles. The number of benzene rings is 1. The zero-order valence-corrected chi connectivity index (χ0v) is 14.1. The summed E-state index contributed by atoms with van der Waals surface area (Å²) in [5, 5.41) is 2.85. The van der Waals surface area contributed by atoms with Gasteiger partial charge in [0.1, 0.15) is 0 Å². The lowest BCUT2D eigenvalue weighted by Gasteiger charge is -2.34. The van der Waals surface area contributed by atoms with Crippen LogP contribution in [0.3, 0.4) is 0 Å². The fraction of sp³-hybridized carbons (Fsp3) is 0.529. The number of hydrogen-bond acceptors (Lipinski definition) is 4. The molecule has 1 aromatic carbocycles. The summed E-state index contributed by atoms with van der Waals surface area (Å²) in [7, 11) is 0. The topological polar surface area (TPSA) is 61.9 Å². The number of hydrogen-bond donors (Lipinski definition) is 1. The molecule has 1 aliphatic heterocycles. The van der Waals surface area contributed by atoms with Gasteiger partial charge in [-0.1, -0.05) is 12.1 Å². The minimum atomic E-state index is -0.480. The number of amides is 2. The van der Waals surface area contributed by atoms with E-state index in [1.807, 2.05) is 18.7 Å². The van der Waals surface area contributed by atoms with Crippen molar-refractivity contribution in [1.82, 2.24) is 15.1 Å². The summed E-state index contributed by atoms with van der Waals surface area (Å²) in [4.78, 5) is 27.6. The highest BCUT2D eigenvalue weighted by Gasteiger charge is 2.23. The van der Waals surface area contributed by atoms with Gasteiger partial charge in [0, 0.05) is 32.2 Å². The Morgan fingerprint density at radius 3 is 2.50 bits per heavy atom. The monoisotopic (exact) mass is 337 g/mol. The molecule has 6 nitrogen and oxygen atoms in total. The lowest BCUT2D eigenvalue weighted by molar-refractivity contribution is -0.135. The van der Waals surface area contributed by atoms with E-state index in [4.69, 9.17) is 4.74 Å². The summed E-state index contributed by atoms with van der Waals surface area (Å²) in [5.41, 5.74) is 0. The highest BCUT2D eigenvalue weighted by molar-refractivity contribution is 5.79. The van der Waals surface area contributed by atoms with Crippen molar-refractivity contribution in [2.45, 2.75) is 19.9 Å². The van der Waals surface area contributed by atoms with E-state index in [2.05, 4.69) is 5.32 Å². The van der Waals surface area contributed by atoms with Crippen LogP contribution in [0.1, 0.15) is 13.8 Å². The second kappa shape index (κ2) is 8.63. The molecule has 132 valence electrons. The molecule has 2 rings (SSSR count). The smallest absolute Gasteiger partial charge is 0.260 e. The van der Waals surface area contributed by atoms with Crippen LogP contribution in [-0.4, -0.2) is 67.0 Å². The van der Waals surface area contributed by atoms with Crippen LogP contribution in [0.5, 0.6) is 5.75 Å². The number of nitrogens with zero attached hydrogens (tertiary/aromatic N) is 2. The maximum atomic E-state index is 13.5. The number of halogens is 1. The largest absolute Gasteiger partial charge is 0.481 e. The molecule has 24 heavy (non-hydrogen) atoms. The van der Waals surface area contributed by atoms with Crippen molar-refractivity contribution in [1.29, 1.82) is 0 Å². The Morgan fingerprint density at radius 2 is 1.88 bits per heavy atom. The number of nitrogens with one attached hydrogen (secondary N) is 1. The van der Waals surface area contributed by atoms with E-state index in [-0.39, 0.29) is 30.2 Å². The van der Waals surface area contributed by atoms with Crippen LogP contribution >= 0.6 is 0 Å². The van der Waals surface area contributed by atoms with Crippen molar-refractivity contribution in [3.05, 3.63) is 30.1 Å². The minimum Gasteiger partial charge on any atom is -0.481 e. The third-order valence-corrected chi connectivity index (χ3v) is 3.73. The molecule has 0 aromatic heterocycles. The average molecular weight is 337 g/mol. The molecular weight excluding hydrogens is 313 g/mol. The van der Waals surface area contributed by atoms with Crippen molar-refractivity contribution >= 4 is 11.8 Å². The molecule has 1 aromatic rings. The standard InChI is InChI=1S/C17H24FN3O3/c1-13(2)19-16(22)11-20-7-9-21(10-8-20)17(23)12-24-15-6-4-3-5-14(15)18/h3-6,13H,7-12H2,1-2H3,(H,19,22). The number of carbonyl (C=O) groups is 2. The van der Waals surface area contributed by atoms with Crippen LogP contribution < -0.4 is 10.1 Å². The SMILES string of the molecule is CC(C)NC(=O)CN1CCN(C(=O)COc2ccccc2F)CC1. The summed E-state index contributed by atoms with van der Waals surface area (Å²) in [6, 6.07) is 6.13. The molecule has 1 fully saturated rings. The van der Waals surface area contributed by atoms with E-state index < -0.39 is 5.82 Å². The van der Waals surface area contributed by atoms with Crippen LogP contribution in [0.15, 0.2) is 24.3 Å². The lowest BCUT2D eigenvalue weighted by atomic mass is 10.3.